The second-order valence-corrected chi connectivity index (χ2v) is 3.06. The largest absolute Gasteiger partial charge is 0.405 e. The maximum Gasteiger partial charge on any atom is 0.405 e. The van der Waals surface area contributed by atoms with Crippen LogP contribution in [0.2, 0.25) is 0 Å². The summed E-state index contributed by atoms with van der Waals surface area (Å²) in [6.07, 6.45) is -2.25. The van der Waals surface area contributed by atoms with Crippen molar-refractivity contribution in [2.75, 3.05) is 6.54 Å². The van der Waals surface area contributed by atoms with Crippen LogP contribution < -0.4 is 5.32 Å². The van der Waals surface area contributed by atoms with Gasteiger partial charge < -0.3 is 5.32 Å². The van der Waals surface area contributed by atoms with Crippen LogP contribution in [0.1, 0.15) is 13.3 Å². The molecule has 0 radical (unpaired) electrons. The van der Waals surface area contributed by atoms with Crippen LogP contribution >= 0.6 is 0 Å². The average molecular weight is 206 g/mol. The molecule has 0 aromatic heterocycles. The van der Waals surface area contributed by atoms with Crippen molar-refractivity contribution in [1.82, 2.24) is 5.32 Å². The lowest BCUT2D eigenvalue weighted by atomic mass is 10.1. The Kier molecular flexibility index (Phi) is 5.24. The van der Waals surface area contributed by atoms with Crippen LogP contribution in [0.4, 0.5) is 13.2 Å². The first-order valence-corrected chi connectivity index (χ1v) is 4.22. The fourth-order valence-electron chi connectivity index (χ4n) is 0.887. The molecule has 0 rings (SSSR count). The highest BCUT2D eigenvalue weighted by Crippen LogP contribution is 2.24. The Morgan fingerprint density at radius 2 is 2.14 bits per heavy atom. The van der Waals surface area contributed by atoms with Crippen LogP contribution in [-0.4, -0.2) is 18.8 Å². The molecule has 0 fully saturated rings. The van der Waals surface area contributed by atoms with E-state index in [1.807, 2.05) is 0 Å². The Morgan fingerprint density at radius 3 is 2.50 bits per heavy atom. The first-order chi connectivity index (χ1) is 6.41. The van der Waals surface area contributed by atoms with Crippen molar-refractivity contribution in [1.29, 1.82) is 5.26 Å². The van der Waals surface area contributed by atoms with Crippen LogP contribution in [-0.2, 0) is 0 Å². The van der Waals surface area contributed by atoms with E-state index in [-0.39, 0.29) is 12.6 Å². The van der Waals surface area contributed by atoms with E-state index in [0.717, 1.165) is 0 Å². The third-order valence-corrected chi connectivity index (χ3v) is 1.74. The molecule has 0 saturated carbocycles. The fraction of sp³-hybridized carbons (Fsp3) is 0.667. The Labute approximate surface area is 81.4 Å². The second-order valence-electron chi connectivity index (χ2n) is 3.06. The van der Waals surface area contributed by atoms with Crippen LogP contribution in [0, 0.1) is 17.2 Å². The number of nitrogens with zero attached hydrogens (tertiary/aromatic N) is 1. The van der Waals surface area contributed by atoms with Gasteiger partial charge in [-0.05, 0) is 13.3 Å². The van der Waals surface area contributed by atoms with Crippen LogP contribution in [0.25, 0.3) is 0 Å². The van der Waals surface area contributed by atoms with Crippen molar-refractivity contribution < 1.29 is 13.2 Å². The molecule has 2 nitrogen and oxygen atoms in total. The lowest BCUT2D eigenvalue weighted by Crippen LogP contribution is -2.36. The number of nitrogens with one attached hydrogen (secondary N) is 1. The second kappa shape index (κ2) is 5.66. The molecule has 0 spiro atoms. The van der Waals surface area contributed by atoms with Gasteiger partial charge in [-0.2, -0.15) is 18.4 Å². The summed E-state index contributed by atoms with van der Waals surface area (Å²) < 4.78 is 36.2. The van der Waals surface area contributed by atoms with E-state index < -0.39 is 12.1 Å². The van der Waals surface area contributed by atoms with Crippen molar-refractivity contribution in [3.8, 4) is 6.07 Å². The topological polar surface area (TPSA) is 35.8 Å². The molecule has 2 unspecified atom stereocenters. The van der Waals surface area contributed by atoms with Crippen LogP contribution in [0.5, 0.6) is 0 Å². The summed E-state index contributed by atoms with van der Waals surface area (Å²) in [6, 6.07) is 1.13. The zero-order chi connectivity index (χ0) is 11.2. The number of halogens is 3. The standard InChI is InChI=1S/C9H13F3N2/c1-3-4-7(2)14-6-8(5-13)9(10,11)12/h3,7-8,14H,1,4,6H2,2H3. The molecule has 0 aromatic carbocycles. The number of hydrogen-bond acceptors (Lipinski definition) is 2. The van der Waals surface area contributed by atoms with Crippen molar-refractivity contribution in [3.05, 3.63) is 12.7 Å². The van der Waals surface area contributed by atoms with Gasteiger partial charge in [-0.25, -0.2) is 0 Å². The number of hydrogen-bond donors (Lipinski definition) is 1. The maximum atomic E-state index is 12.1. The molecule has 14 heavy (non-hydrogen) atoms. The minimum absolute atomic E-state index is 0.0919. The Morgan fingerprint density at radius 1 is 1.57 bits per heavy atom. The lowest BCUT2D eigenvalue weighted by molar-refractivity contribution is -0.157. The van der Waals surface area contributed by atoms with Crippen molar-refractivity contribution in [2.45, 2.75) is 25.6 Å². The smallest absolute Gasteiger partial charge is 0.312 e. The predicted octanol–water partition coefficient (Wildman–Crippen LogP) is 2.24. The molecular weight excluding hydrogens is 193 g/mol. The molecule has 0 aliphatic rings. The first kappa shape index (κ1) is 13.0. The summed E-state index contributed by atoms with van der Waals surface area (Å²) in [6.45, 7) is 4.85. The Hall–Kier alpha value is -1.02. The van der Waals surface area contributed by atoms with Gasteiger partial charge in [0.15, 0.2) is 5.92 Å². The zero-order valence-corrected chi connectivity index (χ0v) is 7.93. The van der Waals surface area contributed by atoms with Crippen molar-refractivity contribution in [2.24, 2.45) is 5.92 Å². The lowest BCUT2D eigenvalue weighted by Gasteiger charge is -2.17. The molecule has 0 heterocycles. The highest BCUT2D eigenvalue weighted by atomic mass is 19.4. The summed E-state index contributed by atoms with van der Waals surface area (Å²) in [5, 5.41) is 10.9. The zero-order valence-electron chi connectivity index (χ0n) is 7.93. The van der Waals surface area contributed by atoms with Gasteiger partial charge >= 0.3 is 6.18 Å². The van der Waals surface area contributed by atoms with E-state index in [0.29, 0.717) is 6.42 Å². The SMILES string of the molecule is C=CCC(C)NCC(C#N)C(F)(F)F. The minimum atomic E-state index is -4.45. The number of nitriles is 1. The summed E-state index contributed by atoms with van der Waals surface area (Å²) in [7, 11) is 0. The van der Waals surface area contributed by atoms with Gasteiger partial charge in [0.05, 0.1) is 6.07 Å². The van der Waals surface area contributed by atoms with E-state index in [2.05, 4.69) is 11.9 Å². The molecule has 5 heteroatoms. The normalized spacial score (nSPS) is 15.6. The van der Waals surface area contributed by atoms with E-state index in [1.54, 1.807) is 13.0 Å². The number of alkyl halides is 3. The Bertz CT molecular complexity index is 217. The molecule has 2 atom stereocenters. The van der Waals surface area contributed by atoms with Gasteiger partial charge in [-0.3, -0.25) is 0 Å². The first-order valence-electron chi connectivity index (χ1n) is 4.22. The minimum Gasteiger partial charge on any atom is -0.312 e. The van der Waals surface area contributed by atoms with Gasteiger partial charge in [-0.15, -0.1) is 6.58 Å². The maximum absolute atomic E-state index is 12.1. The van der Waals surface area contributed by atoms with E-state index in [4.69, 9.17) is 5.26 Å². The highest BCUT2D eigenvalue weighted by Gasteiger charge is 2.39. The van der Waals surface area contributed by atoms with Crippen molar-refractivity contribution in [3.63, 3.8) is 0 Å². The van der Waals surface area contributed by atoms with E-state index >= 15 is 0 Å². The molecule has 0 amide bonds. The molecule has 0 aromatic rings. The monoisotopic (exact) mass is 206 g/mol. The van der Waals surface area contributed by atoms with Crippen LogP contribution in [0.3, 0.4) is 0 Å². The van der Waals surface area contributed by atoms with Crippen LogP contribution in [0.15, 0.2) is 12.7 Å². The van der Waals surface area contributed by atoms with Gasteiger partial charge in [-0.1, -0.05) is 6.08 Å². The molecular formula is C9H13F3N2. The molecule has 80 valence electrons. The Balaban J connectivity index is 3.98. The van der Waals surface area contributed by atoms with Gasteiger partial charge in [0.25, 0.3) is 0 Å². The quantitative estimate of drug-likeness (QED) is 0.700. The average Bonchev–Trinajstić information content (AvgIpc) is 2.03. The molecule has 0 aliphatic carbocycles. The van der Waals surface area contributed by atoms with E-state index in [1.165, 1.54) is 6.07 Å². The summed E-state index contributed by atoms with van der Waals surface area (Å²) in [5.74, 6) is -1.94. The fourth-order valence-corrected chi connectivity index (χ4v) is 0.887. The summed E-state index contributed by atoms with van der Waals surface area (Å²) in [5.41, 5.74) is 0. The van der Waals surface area contributed by atoms with E-state index in [9.17, 15) is 13.2 Å². The van der Waals surface area contributed by atoms with Crippen molar-refractivity contribution >= 4 is 0 Å². The molecule has 0 aliphatic heterocycles. The third-order valence-electron chi connectivity index (χ3n) is 1.74. The summed E-state index contributed by atoms with van der Waals surface area (Å²) >= 11 is 0. The summed E-state index contributed by atoms with van der Waals surface area (Å²) in [4.78, 5) is 0. The van der Waals surface area contributed by atoms with Gasteiger partial charge in [0.1, 0.15) is 0 Å². The van der Waals surface area contributed by atoms with Gasteiger partial charge in [0, 0.05) is 12.6 Å². The third kappa shape index (κ3) is 4.87. The predicted molar refractivity (Wildman–Crippen MR) is 47.4 cm³/mol. The van der Waals surface area contributed by atoms with Gasteiger partial charge in [0.2, 0.25) is 0 Å². The molecule has 0 saturated heterocycles. The molecule has 0 bridgehead atoms. The molecule has 1 N–H and O–H groups in total. The number of rotatable bonds is 5. The highest BCUT2D eigenvalue weighted by molar-refractivity contribution is 4.90.